The van der Waals surface area contributed by atoms with Crippen molar-refractivity contribution in [2.75, 3.05) is 11.9 Å². The van der Waals surface area contributed by atoms with Gasteiger partial charge in [0.25, 0.3) is 0 Å². The van der Waals surface area contributed by atoms with Gasteiger partial charge >= 0.3 is 6.03 Å². The van der Waals surface area contributed by atoms with Gasteiger partial charge in [0.15, 0.2) is 0 Å². The highest BCUT2D eigenvalue weighted by Gasteiger charge is 2.15. The Hall–Kier alpha value is -2.83. The highest BCUT2D eigenvalue weighted by atomic mass is 16.3. The van der Waals surface area contributed by atoms with Crippen LogP contribution < -0.4 is 16.0 Å². The maximum absolute atomic E-state index is 11.9. The van der Waals surface area contributed by atoms with E-state index in [1.807, 2.05) is 39.8 Å². The van der Waals surface area contributed by atoms with Crippen LogP contribution in [0, 0.1) is 20.8 Å². The van der Waals surface area contributed by atoms with Crippen LogP contribution in [0.4, 0.5) is 10.6 Å². The average molecular weight is 344 g/mol. The van der Waals surface area contributed by atoms with Crippen LogP contribution in [0.15, 0.2) is 28.8 Å². The molecule has 2 aromatic heterocycles. The molecule has 0 fully saturated rings. The van der Waals surface area contributed by atoms with Crippen molar-refractivity contribution in [3.8, 4) is 0 Å². The fourth-order valence-corrected chi connectivity index (χ4v) is 2.44. The number of hydrogen-bond donors (Lipinski definition) is 3. The van der Waals surface area contributed by atoms with Gasteiger partial charge in [0.1, 0.15) is 17.3 Å². The third kappa shape index (κ3) is 5.63. The van der Waals surface area contributed by atoms with Crippen LogP contribution in [0.25, 0.3) is 0 Å². The molecule has 3 amide bonds. The van der Waals surface area contributed by atoms with Gasteiger partial charge < -0.3 is 20.4 Å². The largest absolute Gasteiger partial charge is 0.466 e. The highest BCUT2D eigenvalue weighted by molar-refractivity contribution is 5.90. The number of urea groups is 1. The molecule has 0 bridgehead atoms. The molecule has 0 aromatic carbocycles. The molecule has 0 spiro atoms. The molecule has 7 heteroatoms. The number of carbonyl (C=O) groups is 2. The van der Waals surface area contributed by atoms with Crippen molar-refractivity contribution in [2.45, 2.75) is 40.2 Å². The summed E-state index contributed by atoms with van der Waals surface area (Å²) in [6, 6.07) is 5.01. The van der Waals surface area contributed by atoms with Gasteiger partial charge in [-0.25, -0.2) is 9.78 Å². The monoisotopic (exact) mass is 344 g/mol. The van der Waals surface area contributed by atoms with Crippen LogP contribution in [0.5, 0.6) is 0 Å². The van der Waals surface area contributed by atoms with Gasteiger partial charge in [0, 0.05) is 24.7 Å². The zero-order valence-electron chi connectivity index (χ0n) is 15.0. The van der Waals surface area contributed by atoms with E-state index < -0.39 is 0 Å². The molecule has 0 saturated heterocycles. The lowest BCUT2D eigenvalue weighted by atomic mass is 10.1. The summed E-state index contributed by atoms with van der Waals surface area (Å²) in [7, 11) is 0. The Morgan fingerprint density at radius 1 is 1.24 bits per heavy atom. The van der Waals surface area contributed by atoms with E-state index in [2.05, 4.69) is 20.9 Å². The summed E-state index contributed by atoms with van der Waals surface area (Å²) in [5.41, 5.74) is 1.96. The molecule has 2 heterocycles. The fourth-order valence-electron chi connectivity index (χ4n) is 2.44. The van der Waals surface area contributed by atoms with Crippen molar-refractivity contribution < 1.29 is 14.0 Å². The van der Waals surface area contributed by atoms with E-state index in [-0.39, 0.29) is 30.9 Å². The minimum atomic E-state index is -0.327. The third-order valence-electron chi connectivity index (χ3n) is 3.71. The number of amides is 3. The molecule has 0 aliphatic carbocycles. The molecule has 25 heavy (non-hydrogen) atoms. The van der Waals surface area contributed by atoms with Crippen molar-refractivity contribution in [2.24, 2.45) is 0 Å². The Balaban J connectivity index is 1.72. The molecule has 0 radical (unpaired) electrons. The molecule has 3 N–H and O–H groups in total. The molecule has 2 rings (SSSR count). The van der Waals surface area contributed by atoms with Crippen molar-refractivity contribution in [1.82, 2.24) is 15.6 Å². The average Bonchev–Trinajstić information content (AvgIpc) is 2.88. The van der Waals surface area contributed by atoms with E-state index in [4.69, 9.17) is 4.42 Å². The topological polar surface area (TPSA) is 96.3 Å². The van der Waals surface area contributed by atoms with Gasteiger partial charge in [0.2, 0.25) is 5.91 Å². The zero-order chi connectivity index (χ0) is 18.4. The third-order valence-corrected chi connectivity index (χ3v) is 3.71. The lowest BCUT2D eigenvalue weighted by Gasteiger charge is -2.14. The maximum Gasteiger partial charge on any atom is 0.315 e. The van der Waals surface area contributed by atoms with Crippen LogP contribution in [-0.4, -0.2) is 23.5 Å². The lowest BCUT2D eigenvalue weighted by Crippen LogP contribution is -2.38. The van der Waals surface area contributed by atoms with Crippen molar-refractivity contribution in [3.05, 3.63) is 47.0 Å². The lowest BCUT2D eigenvalue weighted by molar-refractivity contribution is -0.116. The SMILES string of the molecule is Cc1ccc(NC(=O)CCNC(=O)N[C@@H](C)c2cc(C)oc2C)nc1. The van der Waals surface area contributed by atoms with E-state index in [0.717, 1.165) is 22.6 Å². The molecule has 7 nitrogen and oxygen atoms in total. The van der Waals surface area contributed by atoms with E-state index >= 15 is 0 Å². The molecule has 2 aromatic rings. The van der Waals surface area contributed by atoms with E-state index in [1.165, 1.54) is 0 Å². The van der Waals surface area contributed by atoms with Crippen LogP contribution in [0.3, 0.4) is 0 Å². The first-order valence-electron chi connectivity index (χ1n) is 8.19. The fraction of sp³-hybridized carbons (Fsp3) is 0.389. The second kappa shape index (κ2) is 8.32. The summed E-state index contributed by atoms with van der Waals surface area (Å²) in [6.07, 6.45) is 1.85. The molecular weight excluding hydrogens is 320 g/mol. The minimum Gasteiger partial charge on any atom is -0.466 e. The Morgan fingerprint density at radius 3 is 2.60 bits per heavy atom. The van der Waals surface area contributed by atoms with Crippen molar-refractivity contribution in [3.63, 3.8) is 0 Å². The number of carbonyl (C=O) groups excluding carboxylic acids is 2. The van der Waals surface area contributed by atoms with E-state index in [9.17, 15) is 9.59 Å². The van der Waals surface area contributed by atoms with Crippen LogP contribution in [-0.2, 0) is 4.79 Å². The second-order valence-electron chi connectivity index (χ2n) is 6.01. The van der Waals surface area contributed by atoms with Gasteiger partial charge in [-0.1, -0.05) is 6.07 Å². The van der Waals surface area contributed by atoms with Crippen LogP contribution in [0.2, 0.25) is 0 Å². The zero-order valence-corrected chi connectivity index (χ0v) is 15.0. The van der Waals surface area contributed by atoms with Crippen molar-refractivity contribution in [1.29, 1.82) is 0 Å². The normalized spacial score (nSPS) is 11.7. The minimum absolute atomic E-state index is 0.168. The Morgan fingerprint density at radius 2 is 2.00 bits per heavy atom. The smallest absolute Gasteiger partial charge is 0.315 e. The first-order chi connectivity index (χ1) is 11.8. The summed E-state index contributed by atoms with van der Waals surface area (Å²) < 4.78 is 5.46. The Labute approximate surface area is 147 Å². The number of pyridine rings is 1. The van der Waals surface area contributed by atoms with Gasteiger partial charge in [-0.15, -0.1) is 0 Å². The molecule has 0 aliphatic rings. The van der Waals surface area contributed by atoms with E-state index in [1.54, 1.807) is 12.3 Å². The predicted molar refractivity (Wildman–Crippen MR) is 95.4 cm³/mol. The Kier molecular flexibility index (Phi) is 6.16. The molecule has 1 atom stereocenters. The van der Waals surface area contributed by atoms with Gasteiger partial charge in [-0.05, 0) is 45.4 Å². The standard InChI is InChI=1S/C18H24N4O3/c1-11-5-6-16(20-10-11)22-17(23)7-8-19-18(24)21-13(3)15-9-12(2)25-14(15)4/h5-6,9-10,13H,7-8H2,1-4H3,(H2,19,21,24)(H,20,22,23)/t13-/m0/s1. The van der Waals surface area contributed by atoms with Crippen LogP contribution >= 0.6 is 0 Å². The first kappa shape index (κ1) is 18.5. The molecule has 0 aliphatic heterocycles. The summed E-state index contributed by atoms with van der Waals surface area (Å²) in [4.78, 5) is 27.9. The first-order valence-corrected chi connectivity index (χ1v) is 8.19. The summed E-state index contributed by atoms with van der Waals surface area (Å²) in [5.74, 6) is 1.89. The van der Waals surface area contributed by atoms with Gasteiger partial charge in [-0.3, -0.25) is 4.79 Å². The summed E-state index contributed by atoms with van der Waals surface area (Å²) in [5, 5.41) is 8.18. The van der Waals surface area contributed by atoms with Gasteiger partial charge in [0.05, 0.1) is 6.04 Å². The number of nitrogens with zero attached hydrogens (tertiary/aromatic N) is 1. The van der Waals surface area contributed by atoms with E-state index in [0.29, 0.717) is 5.82 Å². The summed E-state index contributed by atoms with van der Waals surface area (Å²) >= 11 is 0. The molecule has 0 unspecified atom stereocenters. The number of furan rings is 1. The van der Waals surface area contributed by atoms with Gasteiger partial charge in [-0.2, -0.15) is 0 Å². The number of aryl methyl sites for hydroxylation is 3. The number of aromatic nitrogens is 1. The quantitative estimate of drug-likeness (QED) is 0.750. The van der Waals surface area contributed by atoms with Crippen LogP contribution in [0.1, 0.15) is 42.0 Å². The number of hydrogen-bond acceptors (Lipinski definition) is 4. The molecular formula is C18H24N4O3. The maximum atomic E-state index is 11.9. The molecule has 134 valence electrons. The predicted octanol–water partition coefficient (Wildman–Crippen LogP) is 2.99. The highest BCUT2D eigenvalue weighted by Crippen LogP contribution is 2.20. The number of rotatable bonds is 6. The second-order valence-corrected chi connectivity index (χ2v) is 6.01. The number of nitrogens with one attached hydrogen (secondary N) is 3. The number of anilines is 1. The molecule has 0 saturated carbocycles. The van der Waals surface area contributed by atoms with Crippen molar-refractivity contribution >= 4 is 17.8 Å². The summed E-state index contributed by atoms with van der Waals surface area (Å²) in [6.45, 7) is 7.77. The Bertz CT molecular complexity index is 737.